The molecule has 6 nitrogen and oxygen atoms in total. The minimum atomic E-state index is -0.287. The van der Waals surface area contributed by atoms with Crippen LogP contribution in [0.2, 0.25) is 0 Å². The van der Waals surface area contributed by atoms with Gasteiger partial charge < -0.3 is 15.8 Å². The number of carbonyl (C=O) groups is 1. The molecule has 1 amide bonds. The third kappa shape index (κ3) is 3.10. The first kappa shape index (κ1) is 14.0. The molecule has 0 saturated heterocycles. The maximum Gasteiger partial charge on any atom is 0.271 e. The Kier molecular flexibility index (Phi) is 4.27. The van der Waals surface area contributed by atoms with Crippen molar-refractivity contribution in [2.24, 2.45) is 5.73 Å². The highest BCUT2D eigenvalue weighted by molar-refractivity contribution is 5.91. The topological polar surface area (TPSA) is 90.1 Å². The van der Waals surface area contributed by atoms with Gasteiger partial charge in [-0.15, -0.1) is 10.2 Å². The SMILES string of the molecule is CNC(=O)c1ccc(Oc2cc(CN)ccc2C)nn1. The van der Waals surface area contributed by atoms with Gasteiger partial charge in [-0.05, 0) is 30.2 Å². The van der Waals surface area contributed by atoms with E-state index in [0.29, 0.717) is 18.2 Å². The number of aromatic nitrogens is 2. The maximum atomic E-state index is 11.4. The van der Waals surface area contributed by atoms with Crippen LogP contribution in [0.5, 0.6) is 11.6 Å². The van der Waals surface area contributed by atoms with Crippen LogP contribution >= 0.6 is 0 Å². The Hall–Kier alpha value is -2.47. The van der Waals surface area contributed by atoms with E-state index < -0.39 is 0 Å². The average molecular weight is 272 g/mol. The molecule has 0 unspecified atom stereocenters. The van der Waals surface area contributed by atoms with Gasteiger partial charge in [0.1, 0.15) is 5.75 Å². The summed E-state index contributed by atoms with van der Waals surface area (Å²) in [4.78, 5) is 11.4. The predicted octanol–water partition coefficient (Wildman–Crippen LogP) is 1.40. The summed E-state index contributed by atoms with van der Waals surface area (Å²) in [7, 11) is 1.54. The molecular weight excluding hydrogens is 256 g/mol. The Labute approximate surface area is 117 Å². The number of amides is 1. The van der Waals surface area contributed by atoms with Crippen LogP contribution < -0.4 is 15.8 Å². The standard InChI is InChI=1S/C14H16N4O2/c1-9-3-4-10(8-15)7-12(9)20-13-6-5-11(17-18-13)14(19)16-2/h3-7H,8,15H2,1-2H3,(H,16,19). The number of benzene rings is 1. The molecule has 1 aromatic heterocycles. The molecule has 0 bridgehead atoms. The van der Waals surface area contributed by atoms with Crippen LogP contribution in [0.3, 0.4) is 0 Å². The number of nitrogens with zero attached hydrogens (tertiary/aromatic N) is 2. The highest BCUT2D eigenvalue weighted by atomic mass is 16.5. The Balaban J connectivity index is 2.20. The van der Waals surface area contributed by atoms with E-state index in [-0.39, 0.29) is 11.6 Å². The number of hydrogen-bond acceptors (Lipinski definition) is 5. The molecule has 0 atom stereocenters. The molecule has 1 aromatic carbocycles. The number of nitrogens with one attached hydrogen (secondary N) is 1. The van der Waals surface area contributed by atoms with Gasteiger partial charge in [0.15, 0.2) is 5.69 Å². The zero-order valence-electron chi connectivity index (χ0n) is 11.4. The monoisotopic (exact) mass is 272 g/mol. The van der Waals surface area contributed by atoms with Crippen molar-refractivity contribution in [1.82, 2.24) is 15.5 Å². The summed E-state index contributed by atoms with van der Waals surface area (Å²) in [5.74, 6) is 0.718. The van der Waals surface area contributed by atoms with E-state index in [1.165, 1.54) is 7.05 Å². The zero-order valence-corrected chi connectivity index (χ0v) is 11.4. The normalized spacial score (nSPS) is 10.2. The zero-order chi connectivity index (χ0) is 14.5. The van der Waals surface area contributed by atoms with Crippen molar-refractivity contribution in [3.63, 3.8) is 0 Å². The lowest BCUT2D eigenvalue weighted by atomic mass is 10.1. The van der Waals surface area contributed by atoms with Gasteiger partial charge in [0.2, 0.25) is 5.88 Å². The fraction of sp³-hybridized carbons (Fsp3) is 0.214. The van der Waals surface area contributed by atoms with Crippen LogP contribution in [0.15, 0.2) is 30.3 Å². The molecular formula is C14H16N4O2. The van der Waals surface area contributed by atoms with Crippen LogP contribution in [0, 0.1) is 6.92 Å². The van der Waals surface area contributed by atoms with Gasteiger partial charge in [-0.25, -0.2) is 0 Å². The van der Waals surface area contributed by atoms with Crippen molar-refractivity contribution >= 4 is 5.91 Å². The van der Waals surface area contributed by atoms with Crippen molar-refractivity contribution in [2.75, 3.05) is 7.05 Å². The lowest BCUT2D eigenvalue weighted by molar-refractivity contribution is 0.0957. The summed E-state index contributed by atoms with van der Waals surface area (Å²) in [5.41, 5.74) is 7.79. The average Bonchev–Trinajstić information content (AvgIpc) is 2.49. The molecule has 0 aliphatic carbocycles. The smallest absolute Gasteiger partial charge is 0.271 e. The number of hydrogen-bond donors (Lipinski definition) is 2. The van der Waals surface area contributed by atoms with Gasteiger partial charge in [-0.3, -0.25) is 4.79 Å². The van der Waals surface area contributed by atoms with E-state index >= 15 is 0 Å². The van der Waals surface area contributed by atoms with Crippen molar-refractivity contribution in [1.29, 1.82) is 0 Å². The minimum Gasteiger partial charge on any atom is -0.437 e. The first-order chi connectivity index (χ1) is 9.63. The van der Waals surface area contributed by atoms with Crippen LogP contribution in [-0.4, -0.2) is 23.2 Å². The molecule has 1 heterocycles. The fourth-order valence-corrected chi connectivity index (χ4v) is 1.62. The van der Waals surface area contributed by atoms with Gasteiger partial charge >= 0.3 is 0 Å². The first-order valence-electron chi connectivity index (χ1n) is 6.17. The third-order valence-electron chi connectivity index (χ3n) is 2.80. The Morgan fingerprint density at radius 1 is 1.30 bits per heavy atom. The quantitative estimate of drug-likeness (QED) is 0.878. The molecule has 6 heteroatoms. The largest absolute Gasteiger partial charge is 0.437 e. The van der Waals surface area contributed by atoms with Crippen LogP contribution in [0.25, 0.3) is 0 Å². The van der Waals surface area contributed by atoms with Crippen LogP contribution in [0.4, 0.5) is 0 Å². The van der Waals surface area contributed by atoms with E-state index in [9.17, 15) is 4.79 Å². The summed E-state index contributed by atoms with van der Waals surface area (Å²) in [6.07, 6.45) is 0. The number of ether oxygens (including phenoxy) is 1. The van der Waals surface area contributed by atoms with E-state index in [4.69, 9.17) is 10.5 Å². The lowest BCUT2D eigenvalue weighted by Crippen LogP contribution is -2.19. The minimum absolute atomic E-state index is 0.243. The molecule has 0 saturated carbocycles. The molecule has 20 heavy (non-hydrogen) atoms. The highest BCUT2D eigenvalue weighted by Crippen LogP contribution is 2.24. The van der Waals surface area contributed by atoms with Crippen molar-refractivity contribution in [3.8, 4) is 11.6 Å². The van der Waals surface area contributed by atoms with Crippen molar-refractivity contribution in [2.45, 2.75) is 13.5 Å². The number of nitrogens with two attached hydrogens (primary N) is 1. The predicted molar refractivity (Wildman–Crippen MR) is 74.6 cm³/mol. The van der Waals surface area contributed by atoms with Crippen LogP contribution in [0.1, 0.15) is 21.6 Å². The second-order valence-electron chi connectivity index (χ2n) is 4.24. The van der Waals surface area contributed by atoms with Gasteiger partial charge in [-0.2, -0.15) is 0 Å². The van der Waals surface area contributed by atoms with Gasteiger partial charge in [-0.1, -0.05) is 12.1 Å². The number of rotatable bonds is 4. The van der Waals surface area contributed by atoms with Gasteiger partial charge in [0.05, 0.1) is 0 Å². The maximum absolute atomic E-state index is 11.4. The summed E-state index contributed by atoms with van der Waals surface area (Å²) in [6, 6.07) is 8.91. The van der Waals surface area contributed by atoms with E-state index in [1.807, 2.05) is 25.1 Å². The number of carbonyl (C=O) groups excluding carboxylic acids is 1. The molecule has 0 fully saturated rings. The Morgan fingerprint density at radius 2 is 2.10 bits per heavy atom. The Bertz CT molecular complexity index is 611. The highest BCUT2D eigenvalue weighted by Gasteiger charge is 2.08. The second kappa shape index (κ2) is 6.12. The number of aryl methyl sites for hydroxylation is 1. The van der Waals surface area contributed by atoms with Crippen molar-refractivity contribution in [3.05, 3.63) is 47.2 Å². The lowest BCUT2D eigenvalue weighted by Gasteiger charge is -2.09. The third-order valence-corrected chi connectivity index (χ3v) is 2.80. The van der Waals surface area contributed by atoms with Gasteiger partial charge in [0.25, 0.3) is 5.91 Å². The molecule has 0 radical (unpaired) electrons. The first-order valence-corrected chi connectivity index (χ1v) is 6.17. The molecule has 0 spiro atoms. The molecule has 3 N–H and O–H groups in total. The summed E-state index contributed by atoms with van der Waals surface area (Å²) >= 11 is 0. The molecule has 0 aliphatic rings. The van der Waals surface area contributed by atoms with E-state index in [2.05, 4.69) is 15.5 Å². The second-order valence-corrected chi connectivity index (χ2v) is 4.24. The molecule has 2 rings (SSSR count). The summed E-state index contributed by atoms with van der Waals surface area (Å²) < 4.78 is 5.66. The Morgan fingerprint density at radius 3 is 2.70 bits per heavy atom. The molecule has 104 valence electrons. The molecule has 0 aliphatic heterocycles. The van der Waals surface area contributed by atoms with Gasteiger partial charge in [0, 0.05) is 19.7 Å². The van der Waals surface area contributed by atoms with Crippen LogP contribution in [-0.2, 0) is 6.54 Å². The molecule has 2 aromatic rings. The van der Waals surface area contributed by atoms with Crippen molar-refractivity contribution < 1.29 is 9.53 Å². The fourth-order valence-electron chi connectivity index (χ4n) is 1.62. The van der Waals surface area contributed by atoms with E-state index in [1.54, 1.807) is 12.1 Å². The summed E-state index contributed by atoms with van der Waals surface area (Å²) in [5, 5.41) is 10.2. The van der Waals surface area contributed by atoms with E-state index in [0.717, 1.165) is 11.1 Å². The summed E-state index contributed by atoms with van der Waals surface area (Å²) in [6.45, 7) is 2.37.